The Morgan fingerprint density at radius 3 is 2.42 bits per heavy atom. The maximum Gasteiger partial charge on any atom is 0.245 e. The van der Waals surface area contributed by atoms with Gasteiger partial charge in [-0.1, -0.05) is 48.0 Å². The van der Waals surface area contributed by atoms with Crippen LogP contribution in [-0.2, 0) is 20.9 Å². The van der Waals surface area contributed by atoms with Gasteiger partial charge in [-0.25, -0.2) is 15.0 Å². The van der Waals surface area contributed by atoms with Crippen LogP contribution in [0.4, 0.5) is 0 Å². The van der Waals surface area contributed by atoms with E-state index in [2.05, 4.69) is 54.7 Å². The number of hydrogen-bond donors (Lipinski definition) is 3. The third-order valence-corrected chi connectivity index (χ3v) is 15.4. The smallest absolute Gasteiger partial charge is 0.245 e. The number of aliphatic hydroxyl groups is 1. The highest BCUT2D eigenvalue weighted by molar-refractivity contribution is 7.15. The SMILES string of the molecule is Cc1ncsc1-c1ccc([C@H](C)NC(=O)[C@@H]2C[C@@H](O)CN2C(=O)Cn2cc(-c3cnc(O[C@H]4C[C@H](NC(=O)C[C@@H]5N=C(c6ccc(Cl)cc6)c6c(sc(C)c6C)-n6c(C)nnc65)C4)cn3)cn2)cc1. The molecule has 0 unspecified atom stereocenters. The number of nitrogens with zero attached hydrogens (tertiary/aromatic N) is 10. The van der Waals surface area contributed by atoms with Gasteiger partial charge >= 0.3 is 0 Å². The Labute approximate surface area is 410 Å². The van der Waals surface area contributed by atoms with Crippen LogP contribution in [0, 0.1) is 27.7 Å². The molecule has 0 spiro atoms. The first-order valence-electron chi connectivity index (χ1n) is 22.7. The third-order valence-electron chi connectivity index (χ3n) is 13.0. The fraction of sp³-hybridized carbons (Fsp3) is 0.347. The Kier molecular flexibility index (Phi) is 12.7. The van der Waals surface area contributed by atoms with Crippen molar-refractivity contribution < 1.29 is 24.2 Å². The van der Waals surface area contributed by atoms with Crippen LogP contribution >= 0.6 is 34.3 Å². The lowest BCUT2D eigenvalue weighted by Gasteiger charge is -2.35. The second kappa shape index (κ2) is 19.0. The molecule has 3 amide bonds. The lowest BCUT2D eigenvalue weighted by atomic mass is 9.89. The molecule has 0 radical (unpaired) electrons. The molecule has 2 fully saturated rings. The van der Waals surface area contributed by atoms with E-state index in [9.17, 15) is 19.5 Å². The highest BCUT2D eigenvalue weighted by Crippen LogP contribution is 2.40. The summed E-state index contributed by atoms with van der Waals surface area (Å²) in [4.78, 5) is 63.0. The van der Waals surface area contributed by atoms with Gasteiger partial charge in [-0.05, 0) is 63.4 Å². The van der Waals surface area contributed by atoms with Crippen LogP contribution in [0.15, 0.2) is 83.8 Å². The summed E-state index contributed by atoms with van der Waals surface area (Å²) in [7, 11) is 0. The summed E-state index contributed by atoms with van der Waals surface area (Å²) in [5.74, 6) is 0.884. The van der Waals surface area contributed by atoms with Crippen LogP contribution in [0.2, 0.25) is 5.02 Å². The number of amides is 3. The number of aromatic nitrogens is 8. The van der Waals surface area contributed by atoms with Crippen molar-refractivity contribution >= 4 is 57.7 Å². The first-order valence-corrected chi connectivity index (χ1v) is 24.8. The molecule has 1 saturated carbocycles. The van der Waals surface area contributed by atoms with Crippen LogP contribution in [-0.4, -0.2) is 104 Å². The average molecular weight is 986 g/mol. The maximum absolute atomic E-state index is 13.6. The quantitative estimate of drug-likeness (QED) is 0.109. The summed E-state index contributed by atoms with van der Waals surface area (Å²) in [6.45, 7) is 9.89. The van der Waals surface area contributed by atoms with Crippen molar-refractivity contribution in [2.45, 2.75) is 103 Å². The molecule has 1 aliphatic carbocycles. The van der Waals surface area contributed by atoms with Crippen LogP contribution in [0.1, 0.15) is 89.2 Å². The molecule has 7 heterocycles. The second-order valence-electron chi connectivity index (χ2n) is 17.8. The van der Waals surface area contributed by atoms with E-state index in [1.807, 2.05) is 79.4 Å². The summed E-state index contributed by atoms with van der Waals surface area (Å²) in [5.41, 5.74) is 9.78. The van der Waals surface area contributed by atoms with E-state index in [0.29, 0.717) is 40.8 Å². The number of fused-ring (bicyclic) bond motifs is 3. The molecule has 20 heteroatoms. The number of aryl methyl sites for hydroxylation is 3. The number of carbonyl (C=O) groups is 3. The number of nitrogens with one attached hydrogen (secondary N) is 2. The summed E-state index contributed by atoms with van der Waals surface area (Å²) in [6.07, 6.45) is 6.85. The monoisotopic (exact) mass is 984 g/mol. The van der Waals surface area contributed by atoms with Gasteiger partial charge in [0, 0.05) is 64.6 Å². The highest BCUT2D eigenvalue weighted by atomic mass is 35.5. The van der Waals surface area contributed by atoms with Gasteiger partial charge in [0.2, 0.25) is 23.6 Å². The van der Waals surface area contributed by atoms with Gasteiger partial charge < -0.3 is 25.4 Å². The van der Waals surface area contributed by atoms with Gasteiger partial charge in [0.25, 0.3) is 0 Å². The summed E-state index contributed by atoms with van der Waals surface area (Å²) in [6, 6.07) is 13.8. The van der Waals surface area contributed by atoms with E-state index in [4.69, 9.17) is 21.3 Å². The van der Waals surface area contributed by atoms with E-state index >= 15 is 0 Å². The lowest BCUT2D eigenvalue weighted by Crippen LogP contribution is -2.49. The van der Waals surface area contributed by atoms with Gasteiger partial charge in [0.1, 0.15) is 35.6 Å². The molecule has 7 aromatic rings. The lowest BCUT2D eigenvalue weighted by molar-refractivity contribution is -0.139. The van der Waals surface area contributed by atoms with Crippen molar-refractivity contribution in [3.05, 3.63) is 128 Å². The molecule has 69 heavy (non-hydrogen) atoms. The number of aliphatic imine (C=N–C) groups is 1. The molecule has 4 atom stereocenters. The van der Waals surface area contributed by atoms with Gasteiger partial charge in [0.15, 0.2) is 5.82 Å². The van der Waals surface area contributed by atoms with E-state index in [1.54, 1.807) is 47.5 Å². The van der Waals surface area contributed by atoms with Gasteiger partial charge in [0.05, 0.1) is 64.6 Å². The number of thiazole rings is 1. The van der Waals surface area contributed by atoms with Crippen LogP contribution in [0.3, 0.4) is 0 Å². The number of ether oxygens (including phenoxy) is 1. The zero-order valence-electron chi connectivity index (χ0n) is 38.5. The van der Waals surface area contributed by atoms with E-state index in [1.165, 1.54) is 14.5 Å². The average Bonchev–Trinajstić information content (AvgIpc) is 4.17. The van der Waals surface area contributed by atoms with Crippen molar-refractivity contribution in [2.24, 2.45) is 4.99 Å². The third kappa shape index (κ3) is 9.43. The Hall–Kier alpha value is -6.67. The molecule has 3 N–H and O–H groups in total. The van der Waals surface area contributed by atoms with Crippen molar-refractivity contribution in [2.75, 3.05) is 6.54 Å². The summed E-state index contributed by atoms with van der Waals surface area (Å²) >= 11 is 9.51. The zero-order valence-corrected chi connectivity index (χ0v) is 40.8. The zero-order chi connectivity index (χ0) is 48.1. The Bertz CT molecular complexity index is 3080. The van der Waals surface area contributed by atoms with Gasteiger partial charge in [-0.15, -0.1) is 32.9 Å². The predicted molar refractivity (Wildman–Crippen MR) is 262 cm³/mol. The van der Waals surface area contributed by atoms with E-state index in [-0.39, 0.29) is 61.8 Å². The fourth-order valence-electron chi connectivity index (χ4n) is 9.12. The summed E-state index contributed by atoms with van der Waals surface area (Å²) < 4.78 is 9.62. The molecular weight excluding hydrogens is 936 g/mol. The number of β-amino-alcohol motifs (C(OH)–C–C–N with tert-alkyl or cyclic N) is 1. The number of aliphatic hydroxyl groups excluding tert-OH is 1. The predicted octanol–water partition coefficient (Wildman–Crippen LogP) is 6.84. The Morgan fingerprint density at radius 2 is 1.70 bits per heavy atom. The van der Waals surface area contributed by atoms with Crippen molar-refractivity contribution in [3.63, 3.8) is 0 Å². The molecule has 1 saturated heterocycles. The Morgan fingerprint density at radius 1 is 0.928 bits per heavy atom. The molecule has 10 rings (SSSR count). The van der Waals surface area contributed by atoms with Crippen molar-refractivity contribution in [3.8, 4) is 32.6 Å². The van der Waals surface area contributed by atoms with E-state index in [0.717, 1.165) is 54.9 Å². The molecule has 2 aromatic carbocycles. The molecular formula is C49H49ClN12O5S2. The molecule has 5 aromatic heterocycles. The summed E-state index contributed by atoms with van der Waals surface area (Å²) in [5, 5.41) is 31.6. The number of carbonyl (C=O) groups excluding carboxylic acids is 3. The Balaban J connectivity index is 0.714. The van der Waals surface area contributed by atoms with Gasteiger partial charge in [-0.2, -0.15) is 5.10 Å². The molecule has 0 bridgehead atoms. The second-order valence-corrected chi connectivity index (χ2v) is 20.3. The number of hydrogen-bond acceptors (Lipinski definition) is 14. The normalized spacial score (nSPS) is 20.0. The van der Waals surface area contributed by atoms with Crippen LogP contribution < -0.4 is 15.4 Å². The largest absolute Gasteiger partial charge is 0.473 e. The topological polar surface area (TPSA) is 208 Å². The minimum Gasteiger partial charge on any atom is -0.473 e. The molecule has 17 nitrogen and oxygen atoms in total. The molecule has 3 aliphatic rings. The van der Waals surface area contributed by atoms with Crippen LogP contribution in [0.25, 0.3) is 26.7 Å². The number of thiophene rings is 1. The minimum absolute atomic E-state index is 0.0481. The van der Waals surface area contributed by atoms with Crippen molar-refractivity contribution in [1.82, 2.24) is 55.0 Å². The van der Waals surface area contributed by atoms with E-state index < -0.39 is 18.2 Å². The fourth-order valence-corrected chi connectivity index (χ4v) is 11.3. The minimum atomic E-state index is -0.822. The number of rotatable bonds is 13. The number of likely N-dealkylation sites (tertiary alicyclic amines) is 1. The van der Waals surface area contributed by atoms with Gasteiger partial charge in [-0.3, -0.25) is 28.6 Å². The first-order chi connectivity index (χ1) is 33.3. The van der Waals surface area contributed by atoms with Crippen LogP contribution in [0.5, 0.6) is 5.88 Å². The number of benzene rings is 2. The first kappa shape index (κ1) is 46.1. The number of halogens is 1. The highest BCUT2D eigenvalue weighted by Gasteiger charge is 2.40. The van der Waals surface area contributed by atoms with Crippen molar-refractivity contribution in [1.29, 1.82) is 0 Å². The maximum atomic E-state index is 13.6. The molecule has 354 valence electrons. The standard InChI is InChI=1S/C49H49ClN12O5S2/c1-25-28(4)69-49-44(25)45(31-10-12-34(50)13-11-31)57-38(47-59-58-29(5)62(47)49)17-41(64)56-35-14-37(15-35)67-42-20-51-39(19-52-42)33-18-54-60(21-33)23-43(65)61-22-36(63)16-40(61)48(66)55-26(2)30-6-8-32(9-7-30)46-27(3)53-24-68-46/h6-13,18-21,24,26,35-38,40,63H,14-17,22-23H2,1-5H3,(H,55,66)(H,56,64)/t26-,35-,36+,37-,38-,40-/m0/s1. The molecule has 2 aliphatic heterocycles.